The molecule has 0 amide bonds. The fourth-order valence-electron chi connectivity index (χ4n) is 4.76. The molecule has 174 valence electrons. The Hall–Kier alpha value is -1.64. The summed E-state index contributed by atoms with van der Waals surface area (Å²) in [6.07, 6.45) is 2.50. The summed E-state index contributed by atoms with van der Waals surface area (Å²) in [5, 5.41) is 3.66. The molecule has 0 aromatic heterocycles. The summed E-state index contributed by atoms with van der Waals surface area (Å²) in [7, 11) is 1.89. The van der Waals surface area contributed by atoms with Crippen LogP contribution >= 0.6 is 24.0 Å². The van der Waals surface area contributed by atoms with Gasteiger partial charge in [-0.15, -0.1) is 24.0 Å². The first kappa shape index (κ1) is 25.0. The first-order valence-electron chi connectivity index (χ1n) is 11.6. The van der Waals surface area contributed by atoms with E-state index in [9.17, 15) is 0 Å². The molecule has 2 fully saturated rings. The zero-order valence-corrected chi connectivity index (χ0v) is 21.7. The molecular weight excluding hydrogens is 511 g/mol. The maximum Gasteiger partial charge on any atom is 0.193 e. The Bertz CT molecular complexity index is 860. The fourth-order valence-corrected chi connectivity index (χ4v) is 4.76. The van der Waals surface area contributed by atoms with Crippen molar-refractivity contribution in [3.8, 4) is 0 Å². The van der Waals surface area contributed by atoms with Gasteiger partial charge in [-0.2, -0.15) is 0 Å². The highest BCUT2D eigenvalue weighted by atomic mass is 127. The lowest BCUT2D eigenvalue weighted by Gasteiger charge is -2.36. The summed E-state index contributed by atoms with van der Waals surface area (Å²) >= 11 is 0. The molecule has 6 heteroatoms. The van der Waals surface area contributed by atoms with Gasteiger partial charge in [-0.25, -0.2) is 0 Å². The molecular formula is C26H37IN4O. The summed E-state index contributed by atoms with van der Waals surface area (Å²) in [4.78, 5) is 9.53. The Morgan fingerprint density at radius 1 is 1.06 bits per heavy atom. The lowest BCUT2D eigenvalue weighted by Crippen LogP contribution is -2.49. The highest BCUT2D eigenvalue weighted by molar-refractivity contribution is 14.0. The molecule has 2 unspecified atom stereocenters. The predicted molar refractivity (Wildman–Crippen MR) is 143 cm³/mol. The van der Waals surface area contributed by atoms with E-state index in [-0.39, 0.29) is 30.1 Å². The Morgan fingerprint density at radius 2 is 1.84 bits per heavy atom. The van der Waals surface area contributed by atoms with Gasteiger partial charge in [0, 0.05) is 33.2 Å². The van der Waals surface area contributed by atoms with Crippen LogP contribution in [-0.2, 0) is 11.2 Å². The van der Waals surface area contributed by atoms with E-state index in [0.29, 0.717) is 5.92 Å². The Morgan fingerprint density at radius 3 is 2.62 bits per heavy atom. The van der Waals surface area contributed by atoms with Gasteiger partial charge < -0.3 is 19.9 Å². The summed E-state index contributed by atoms with van der Waals surface area (Å²) < 4.78 is 6.09. The molecule has 5 nitrogen and oxygen atoms in total. The highest BCUT2D eigenvalue weighted by Gasteiger charge is 2.27. The molecule has 2 heterocycles. The van der Waals surface area contributed by atoms with Gasteiger partial charge in [0.15, 0.2) is 5.96 Å². The van der Waals surface area contributed by atoms with Gasteiger partial charge in [-0.1, -0.05) is 54.6 Å². The lowest BCUT2D eigenvalue weighted by atomic mass is 10.0. The van der Waals surface area contributed by atoms with Crippen molar-refractivity contribution in [2.24, 2.45) is 10.9 Å². The molecule has 2 aliphatic rings. The number of guanidine groups is 1. The minimum atomic E-state index is 0. The largest absolute Gasteiger partial charge is 0.370 e. The molecule has 4 rings (SSSR count). The number of benzene rings is 2. The van der Waals surface area contributed by atoms with E-state index < -0.39 is 0 Å². The fraction of sp³-hybridized carbons (Fsp3) is 0.500. The maximum atomic E-state index is 6.09. The molecule has 2 aromatic carbocycles. The van der Waals surface area contributed by atoms with E-state index in [2.05, 4.69) is 81.6 Å². The van der Waals surface area contributed by atoms with Crippen molar-refractivity contribution < 1.29 is 4.74 Å². The van der Waals surface area contributed by atoms with Crippen molar-refractivity contribution in [2.75, 3.05) is 52.9 Å². The third-order valence-electron chi connectivity index (χ3n) is 6.59. The monoisotopic (exact) mass is 548 g/mol. The number of morpholine rings is 1. The van der Waals surface area contributed by atoms with E-state index >= 15 is 0 Å². The van der Waals surface area contributed by atoms with Crippen LogP contribution in [0, 0.1) is 12.8 Å². The average molecular weight is 549 g/mol. The predicted octanol–water partition coefficient (Wildman–Crippen LogP) is 4.13. The van der Waals surface area contributed by atoms with Crippen LogP contribution in [0.15, 0.2) is 59.6 Å². The number of hydrogen-bond donors (Lipinski definition) is 1. The molecule has 0 bridgehead atoms. The Balaban J connectivity index is 0.00000289. The van der Waals surface area contributed by atoms with Crippen LogP contribution in [0.2, 0.25) is 0 Å². The van der Waals surface area contributed by atoms with Crippen LogP contribution in [0.5, 0.6) is 0 Å². The maximum absolute atomic E-state index is 6.09. The number of ether oxygens (including phenoxy) is 1. The van der Waals surface area contributed by atoms with Gasteiger partial charge in [-0.3, -0.25) is 4.99 Å². The van der Waals surface area contributed by atoms with Crippen molar-refractivity contribution in [1.82, 2.24) is 15.1 Å². The number of rotatable bonds is 6. The molecule has 2 saturated heterocycles. The summed E-state index contributed by atoms with van der Waals surface area (Å²) in [6, 6.07) is 19.3. The van der Waals surface area contributed by atoms with Crippen molar-refractivity contribution in [3.63, 3.8) is 0 Å². The first-order valence-corrected chi connectivity index (χ1v) is 11.6. The second kappa shape index (κ2) is 12.6. The minimum absolute atomic E-state index is 0. The van der Waals surface area contributed by atoms with E-state index in [4.69, 9.17) is 4.74 Å². The Labute approximate surface area is 210 Å². The number of halogens is 1. The van der Waals surface area contributed by atoms with Gasteiger partial charge in [0.05, 0.1) is 13.2 Å². The van der Waals surface area contributed by atoms with Crippen LogP contribution in [-0.4, -0.2) is 68.7 Å². The lowest BCUT2D eigenvalue weighted by molar-refractivity contribution is -0.00836. The molecule has 0 radical (unpaired) electrons. The second-order valence-corrected chi connectivity index (χ2v) is 8.78. The van der Waals surface area contributed by atoms with Gasteiger partial charge in [0.25, 0.3) is 0 Å². The molecule has 0 saturated carbocycles. The molecule has 0 aliphatic carbocycles. The number of hydrogen-bond acceptors (Lipinski definition) is 3. The zero-order chi connectivity index (χ0) is 21.5. The summed E-state index contributed by atoms with van der Waals surface area (Å²) in [6.45, 7) is 9.13. The molecule has 32 heavy (non-hydrogen) atoms. The SMILES string of the molecule is CN=C(NCC1CCN(CCc2ccccc2)C1)N1CCOC(c2ccccc2C)C1.I. The first-order chi connectivity index (χ1) is 15.2. The van der Waals surface area contributed by atoms with E-state index in [0.717, 1.165) is 45.2 Å². The molecule has 2 aromatic rings. The van der Waals surface area contributed by atoms with Crippen LogP contribution in [0.3, 0.4) is 0 Å². The quantitative estimate of drug-likeness (QED) is 0.335. The van der Waals surface area contributed by atoms with Crippen LogP contribution in [0.1, 0.15) is 29.2 Å². The molecule has 1 N–H and O–H groups in total. The summed E-state index contributed by atoms with van der Waals surface area (Å²) in [5.74, 6) is 1.69. The topological polar surface area (TPSA) is 40.1 Å². The number of aliphatic imine (C=N–C) groups is 1. The average Bonchev–Trinajstić information content (AvgIpc) is 3.27. The highest BCUT2D eigenvalue weighted by Crippen LogP contribution is 2.25. The van der Waals surface area contributed by atoms with Crippen molar-refractivity contribution in [2.45, 2.75) is 25.9 Å². The minimum Gasteiger partial charge on any atom is -0.370 e. The van der Waals surface area contributed by atoms with Crippen molar-refractivity contribution in [3.05, 3.63) is 71.3 Å². The van der Waals surface area contributed by atoms with E-state index in [1.807, 2.05) is 7.05 Å². The smallest absolute Gasteiger partial charge is 0.193 e. The third kappa shape index (κ3) is 6.68. The normalized spacial score (nSPS) is 21.9. The summed E-state index contributed by atoms with van der Waals surface area (Å²) in [5.41, 5.74) is 4.01. The van der Waals surface area contributed by atoms with Gasteiger partial charge >= 0.3 is 0 Å². The van der Waals surface area contributed by atoms with Gasteiger partial charge in [0.1, 0.15) is 6.10 Å². The van der Waals surface area contributed by atoms with Crippen LogP contribution in [0.4, 0.5) is 0 Å². The number of aryl methyl sites for hydroxylation is 1. The number of likely N-dealkylation sites (tertiary alicyclic amines) is 1. The standard InChI is InChI=1S/C26H36N4O.HI/c1-21-8-6-7-11-24(21)25-20-30(16-17-31-25)26(27-2)28-18-23-13-15-29(19-23)14-12-22-9-4-3-5-10-22;/h3-11,23,25H,12-20H2,1-2H3,(H,27,28);1H. The van der Waals surface area contributed by atoms with Crippen molar-refractivity contribution in [1.29, 1.82) is 0 Å². The van der Waals surface area contributed by atoms with E-state index in [1.54, 1.807) is 0 Å². The van der Waals surface area contributed by atoms with Crippen LogP contribution in [0.25, 0.3) is 0 Å². The third-order valence-corrected chi connectivity index (χ3v) is 6.59. The van der Waals surface area contributed by atoms with Crippen LogP contribution < -0.4 is 5.32 Å². The molecule has 2 aliphatic heterocycles. The number of nitrogens with one attached hydrogen (secondary N) is 1. The van der Waals surface area contributed by atoms with Gasteiger partial charge in [-0.05, 0) is 48.9 Å². The van der Waals surface area contributed by atoms with E-state index in [1.165, 1.54) is 36.2 Å². The zero-order valence-electron chi connectivity index (χ0n) is 19.4. The van der Waals surface area contributed by atoms with Gasteiger partial charge in [0.2, 0.25) is 0 Å². The second-order valence-electron chi connectivity index (χ2n) is 8.78. The van der Waals surface area contributed by atoms with Crippen molar-refractivity contribution >= 4 is 29.9 Å². The number of nitrogens with zero attached hydrogens (tertiary/aromatic N) is 3. The Kier molecular flexibility index (Phi) is 9.81. The molecule has 0 spiro atoms. The molecule has 2 atom stereocenters.